The van der Waals surface area contributed by atoms with E-state index < -0.39 is 27.9 Å². The average molecular weight is 289 g/mol. The Kier molecular flexibility index (Phi) is 4.67. The second-order valence-corrected chi connectivity index (χ2v) is 5.74. The van der Waals surface area contributed by atoms with Gasteiger partial charge in [-0.05, 0) is 12.5 Å². The molecule has 8 nitrogen and oxygen atoms in total. The molecular formula is C10H15N3O5S. The first-order chi connectivity index (χ1) is 8.72. The van der Waals surface area contributed by atoms with E-state index in [0.717, 1.165) is 0 Å². The van der Waals surface area contributed by atoms with E-state index in [1.165, 1.54) is 23.0 Å². The third-order valence-electron chi connectivity index (χ3n) is 2.39. The molecule has 1 heterocycles. The number of aromatic nitrogens is 1. The van der Waals surface area contributed by atoms with Gasteiger partial charge in [0.15, 0.2) is 0 Å². The highest BCUT2D eigenvalue weighted by Gasteiger charge is 2.26. The van der Waals surface area contributed by atoms with Gasteiger partial charge in [0, 0.05) is 25.9 Å². The van der Waals surface area contributed by atoms with E-state index in [1.807, 2.05) is 4.72 Å². The van der Waals surface area contributed by atoms with Gasteiger partial charge in [0.05, 0.1) is 4.90 Å². The van der Waals surface area contributed by atoms with Crippen molar-refractivity contribution < 1.29 is 23.1 Å². The molecule has 19 heavy (non-hydrogen) atoms. The Morgan fingerprint density at radius 3 is 2.58 bits per heavy atom. The van der Waals surface area contributed by atoms with Crippen LogP contribution in [0.5, 0.6) is 0 Å². The predicted molar refractivity (Wildman–Crippen MR) is 65.6 cm³/mol. The maximum Gasteiger partial charge on any atom is 0.321 e. The fourth-order valence-corrected chi connectivity index (χ4v) is 2.69. The summed E-state index contributed by atoms with van der Waals surface area (Å²) in [6.07, 6.45) is 2.45. The lowest BCUT2D eigenvalue weighted by Gasteiger charge is -2.13. The van der Waals surface area contributed by atoms with Crippen molar-refractivity contribution >= 4 is 21.9 Å². The van der Waals surface area contributed by atoms with Crippen molar-refractivity contribution in [1.29, 1.82) is 0 Å². The minimum atomic E-state index is -3.94. The van der Waals surface area contributed by atoms with Crippen LogP contribution in [0.1, 0.15) is 12.8 Å². The number of nitrogens with zero attached hydrogens (tertiary/aromatic N) is 1. The largest absolute Gasteiger partial charge is 0.480 e. The van der Waals surface area contributed by atoms with Crippen LogP contribution in [0.25, 0.3) is 0 Å². The molecule has 0 aliphatic rings. The number of hydrogen-bond donors (Lipinski definition) is 3. The lowest BCUT2D eigenvalue weighted by atomic mass is 10.2. The molecule has 1 aromatic rings. The highest BCUT2D eigenvalue weighted by molar-refractivity contribution is 7.89. The van der Waals surface area contributed by atoms with Crippen molar-refractivity contribution in [3.8, 4) is 0 Å². The van der Waals surface area contributed by atoms with Crippen molar-refractivity contribution in [1.82, 2.24) is 9.29 Å². The smallest absolute Gasteiger partial charge is 0.321 e. The lowest BCUT2D eigenvalue weighted by molar-refractivity contribution is -0.139. The quantitative estimate of drug-likeness (QED) is 0.593. The Bertz CT molecular complexity index is 578. The number of hydrogen-bond acceptors (Lipinski definition) is 4. The third-order valence-corrected chi connectivity index (χ3v) is 3.85. The number of amides is 1. The first-order valence-corrected chi connectivity index (χ1v) is 6.86. The maximum atomic E-state index is 11.9. The lowest BCUT2D eigenvalue weighted by Crippen LogP contribution is -2.41. The monoisotopic (exact) mass is 289 g/mol. The molecular weight excluding hydrogens is 274 g/mol. The highest BCUT2D eigenvalue weighted by atomic mass is 32.2. The Labute approximate surface area is 110 Å². The third kappa shape index (κ3) is 4.38. The topological polar surface area (TPSA) is 131 Å². The van der Waals surface area contributed by atoms with Gasteiger partial charge in [0.1, 0.15) is 6.04 Å². The van der Waals surface area contributed by atoms with E-state index in [9.17, 15) is 18.0 Å². The molecule has 0 aliphatic heterocycles. The first-order valence-electron chi connectivity index (χ1n) is 5.38. The maximum absolute atomic E-state index is 11.9. The van der Waals surface area contributed by atoms with Crippen LogP contribution in [0.3, 0.4) is 0 Å². The summed E-state index contributed by atoms with van der Waals surface area (Å²) in [7, 11) is -2.30. The molecule has 0 aliphatic carbocycles. The van der Waals surface area contributed by atoms with Crippen LogP contribution in [0.15, 0.2) is 23.4 Å². The zero-order valence-corrected chi connectivity index (χ0v) is 11.1. The van der Waals surface area contributed by atoms with Gasteiger partial charge in [-0.3, -0.25) is 9.59 Å². The summed E-state index contributed by atoms with van der Waals surface area (Å²) in [4.78, 5) is 21.5. The second kappa shape index (κ2) is 5.85. The highest BCUT2D eigenvalue weighted by Crippen LogP contribution is 2.10. The summed E-state index contributed by atoms with van der Waals surface area (Å²) in [6.45, 7) is 0. The van der Waals surface area contributed by atoms with Crippen molar-refractivity contribution in [3.05, 3.63) is 18.5 Å². The summed E-state index contributed by atoms with van der Waals surface area (Å²) in [5.74, 6) is -2.05. The Hall–Kier alpha value is -1.87. The molecule has 1 atom stereocenters. The summed E-state index contributed by atoms with van der Waals surface area (Å²) >= 11 is 0. The summed E-state index contributed by atoms with van der Waals surface area (Å²) < 4.78 is 27.4. The molecule has 0 fully saturated rings. The van der Waals surface area contributed by atoms with Crippen LogP contribution in [-0.4, -0.2) is 36.0 Å². The van der Waals surface area contributed by atoms with E-state index in [0.29, 0.717) is 0 Å². The zero-order chi connectivity index (χ0) is 14.6. The zero-order valence-electron chi connectivity index (χ0n) is 10.2. The second-order valence-electron chi connectivity index (χ2n) is 4.03. The number of aliphatic carboxylic acids is 1. The van der Waals surface area contributed by atoms with Crippen molar-refractivity contribution in [2.75, 3.05) is 0 Å². The van der Waals surface area contributed by atoms with Gasteiger partial charge in [-0.15, -0.1) is 0 Å². The molecule has 1 aromatic heterocycles. The molecule has 9 heteroatoms. The van der Waals surface area contributed by atoms with Crippen molar-refractivity contribution in [3.63, 3.8) is 0 Å². The average Bonchev–Trinajstić information content (AvgIpc) is 2.71. The minimum absolute atomic E-state index is 0.0414. The normalized spacial score (nSPS) is 13.1. The van der Waals surface area contributed by atoms with Gasteiger partial charge in [-0.1, -0.05) is 0 Å². The Morgan fingerprint density at radius 1 is 1.53 bits per heavy atom. The molecule has 0 radical (unpaired) electrons. The van der Waals surface area contributed by atoms with Crippen molar-refractivity contribution in [2.24, 2.45) is 12.8 Å². The van der Waals surface area contributed by atoms with Crippen LogP contribution in [-0.2, 0) is 26.7 Å². The standard InChI is InChI=1S/C10H15N3O5S/c1-13-5-4-7(6-13)19(17,18)12-8(10(15)16)2-3-9(11)14/h4-6,8,12H,2-3H2,1H3,(H2,11,14)(H,15,16)/t8-/m1/s1. The van der Waals surface area contributed by atoms with Gasteiger partial charge < -0.3 is 15.4 Å². The predicted octanol–water partition coefficient (Wildman–Crippen LogP) is -0.978. The Morgan fingerprint density at radius 2 is 2.16 bits per heavy atom. The molecule has 1 rings (SSSR count). The molecule has 0 unspecified atom stereocenters. The number of sulfonamides is 1. The molecule has 0 bridgehead atoms. The fraction of sp³-hybridized carbons (Fsp3) is 0.400. The summed E-state index contributed by atoms with van der Waals surface area (Å²) in [5.41, 5.74) is 4.91. The summed E-state index contributed by atoms with van der Waals surface area (Å²) in [5, 5.41) is 8.92. The van der Waals surface area contributed by atoms with E-state index in [4.69, 9.17) is 10.8 Å². The molecule has 0 saturated heterocycles. The number of carbonyl (C=O) groups excluding carboxylic acids is 1. The SMILES string of the molecule is Cn1ccc(S(=O)(=O)N[C@H](CCC(N)=O)C(=O)O)c1. The van der Waals surface area contributed by atoms with Crippen LogP contribution in [0.4, 0.5) is 0 Å². The minimum Gasteiger partial charge on any atom is -0.480 e. The molecule has 4 N–H and O–H groups in total. The number of primary amides is 1. The summed E-state index contributed by atoms with van der Waals surface area (Å²) in [6, 6.07) is -0.0484. The number of rotatable bonds is 7. The van der Waals surface area contributed by atoms with Gasteiger partial charge >= 0.3 is 5.97 Å². The number of nitrogens with one attached hydrogen (secondary N) is 1. The van der Waals surface area contributed by atoms with Gasteiger partial charge in [0.2, 0.25) is 15.9 Å². The molecule has 0 spiro atoms. The van der Waals surface area contributed by atoms with E-state index in [-0.39, 0.29) is 17.7 Å². The van der Waals surface area contributed by atoms with Crippen molar-refractivity contribution in [2.45, 2.75) is 23.8 Å². The van der Waals surface area contributed by atoms with E-state index in [1.54, 1.807) is 7.05 Å². The van der Waals surface area contributed by atoms with Crippen LogP contribution in [0.2, 0.25) is 0 Å². The number of carbonyl (C=O) groups is 2. The number of aryl methyl sites for hydroxylation is 1. The van der Waals surface area contributed by atoms with Gasteiger partial charge in [-0.2, -0.15) is 4.72 Å². The van der Waals surface area contributed by atoms with E-state index >= 15 is 0 Å². The molecule has 1 amide bonds. The molecule has 0 aromatic carbocycles. The number of carboxylic acid groups (broad SMARTS) is 1. The van der Waals surface area contributed by atoms with Gasteiger partial charge in [0.25, 0.3) is 0 Å². The fourth-order valence-electron chi connectivity index (χ4n) is 1.41. The first kappa shape index (κ1) is 15.2. The molecule has 0 saturated carbocycles. The molecule has 106 valence electrons. The number of carboxylic acids is 1. The van der Waals surface area contributed by atoms with Crippen LogP contribution in [0, 0.1) is 0 Å². The van der Waals surface area contributed by atoms with Crippen LogP contribution >= 0.6 is 0 Å². The Balaban J connectivity index is 2.84. The van der Waals surface area contributed by atoms with Crippen LogP contribution < -0.4 is 10.5 Å². The van der Waals surface area contributed by atoms with Gasteiger partial charge in [-0.25, -0.2) is 8.42 Å². The number of nitrogens with two attached hydrogens (primary N) is 1. The van der Waals surface area contributed by atoms with E-state index in [2.05, 4.69) is 0 Å².